The Morgan fingerprint density at radius 3 is 1.67 bits per heavy atom. The summed E-state index contributed by atoms with van der Waals surface area (Å²) in [5.41, 5.74) is -9.24. The van der Waals surface area contributed by atoms with E-state index in [-0.39, 0.29) is 6.07 Å². The van der Waals surface area contributed by atoms with Crippen LogP contribution in [0.25, 0.3) is 0 Å². The third kappa shape index (κ3) is 3.63. The Balaban J connectivity index is 3.74. The molecule has 0 amide bonds. The molecule has 134 valence electrons. The third-order valence-electron chi connectivity index (χ3n) is 2.60. The van der Waals surface area contributed by atoms with Crippen LogP contribution in [-0.2, 0) is 5.67 Å². The predicted molar refractivity (Wildman–Crippen MR) is 61.0 cm³/mol. The molecule has 0 spiro atoms. The predicted octanol–water partition coefficient (Wildman–Crippen LogP) is 5.51. The van der Waals surface area contributed by atoms with Crippen LogP contribution in [-0.4, -0.2) is 18.7 Å². The van der Waals surface area contributed by atoms with Crippen molar-refractivity contribution in [3.05, 3.63) is 28.3 Å². The molecule has 0 unspecified atom stereocenters. The van der Waals surface area contributed by atoms with Crippen LogP contribution in [0.15, 0.2) is 12.1 Å². The maximum atomic E-state index is 13.9. The van der Waals surface area contributed by atoms with Gasteiger partial charge in [-0.05, 0) is 12.1 Å². The second-order valence-electron chi connectivity index (χ2n) is 4.18. The first kappa shape index (κ1) is 20.2. The summed E-state index contributed by atoms with van der Waals surface area (Å²) >= 11 is 5.28. The van der Waals surface area contributed by atoms with Crippen molar-refractivity contribution in [1.82, 2.24) is 0 Å². The summed E-state index contributed by atoms with van der Waals surface area (Å²) in [6.45, 7) is 0. The van der Waals surface area contributed by atoms with Gasteiger partial charge in [-0.15, -0.1) is 19.6 Å². The molecule has 1 aromatic rings. The first-order valence-electron chi connectivity index (χ1n) is 5.43. The molecule has 12 heteroatoms. The van der Waals surface area contributed by atoms with Crippen LogP contribution in [0.3, 0.4) is 0 Å². The fourth-order valence-electron chi connectivity index (χ4n) is 1.61. The van der Waals surface area contributed by atoms with Crippen molar-refractivity contribution in [3.63, 3.8) is 0 Å². The largest absolute Gasteiger partial charge is 0.573 e. The highest BCUT2D eigenvalue weighted by atomic mass is 35.5. The Hall–Kier alpha value is -1.83. The quantitative estimate of drug-likeness (QED) is 0.479. The van der Waals surface area contributed by atoms with Crippen LogP contribution in [0.5, 0.6) is 5.75 Å². The standard InChI is InChI=1S/C12H3ClF10O/c1-2-6-7(13)3-5(4-8(6)24-12(21,22)23)9(14,10(15,16)17)11(18,19)20/h1,3-4H. The molecule has 0 aromatic heterocycles. The highest BCUT2D eigenvalue weighted by molar-refractivity contribution is 6.32. The SMILES string of the molecule is C#Cc1c(Cl)cc(C(F)(C(F)(F)F)C(F)(F)F)cc1OC(F)(F)F. The second kappa shape index (κ2) is 5.91. The monoisotopic (exact) mass is 388 g/mol. The zero-order valence-electron chi connectivity index (χ0n) is 10.8. The van der Waals surface area contributed by atoms with Crippen molar-refractivity contribution in [2.75, 3.05) is 0 Å². The van der Waals surface area contributed by atoms with Crippen LogP contribution in [0.4, 0.5) is 43.9 Å². The van der Waals surface area contributed by atoms with Gasteiger partial charge in [0, 0.05) is 5.56 Å². The van der Waals surface area contributed by atoms with E-state index in [0.717, 1.165) is 0 Å². The molecule has 0 bridgehead atoms. The van der Waals surface area contributed by atoms with Gasteiger partial charge in [-0.2, -0.15) is 26.3 Å². The number of alkyl halides is 10. The molecule has 0 aliphatic heterocycles. The molecule has 1 aromatic carbocycles. The second-order valence-corrected chi connectivity index (χ2v) is 4.58. The Labute approximate surface area is 132 Å². The lowest BCUT2D eigenvalue weighted by atomic mass is 9.93. The lowest BCUT2D eigenvalue weighted by Crippen LogP contribution is -2.50. The van der Waals surface area contributed by atoms with E-state index in [0.29, 0.717) is 0 Å². The molecular weight excluding hydrogens is 386 g/mol. The van der Waals surface area contributed by atoms with Crippen LogP contribution >= 0.6 is 11.6 Å². The minimum absolute atomic E-state index is 0.166. The molecule has 0 aliphatic carbocycles. The summed E-state index contributed by atoms with van der Waals surface area (Å²) in [4.78, 5) is 0. The average Bonchev–Trinajstić information content (AvgIpc) is 2.32. The van der Waals surface area contributed by atoms with Crippen molar-refractivity contribution in [3.8, 4) is 18.1 Å². The molecule has 1 rings (SSSR count). The Bertz CT molecular complexity index is 651. The minimum atomic E-state index is -6.54. The summed E-state index contributed by atoms with van der Waals surface area (Å²) in [6, 6.07) is -0.615. The van der Waals surface area contributed by atoms with Gasteiger partial charge in [0.2, 0.25) is 0 Å². The lowest BCUT2D eigenvalue weighted by molar-refractivity contribution is -0.348. The number of terminal acetylenes is 1. The van der Waals surface area contributed by atoms with Gasteiger partial charge in [0.15, 0.2) is 0 Å². The first-order chi connectivity index (χ1) is 10.5. The van der Waals surface area contributed by atoms with Gasteiger partial charge in [-0.25, -0.2) is 4.39 Å². The minimum Gasteiger partial charge on any atom is -0.404 e. The summed E-state index contributed by atoms with van der Waals surface area (Å²) in [5.74, 6) is -0.177. The molecule has 0 atom stereocenters. The summed E-state index contributed by atoms with van der Waals surface area (Å²) in [6.07, 6.45) is -13.8. The molecule has 0 aliphatic rings. The van der Waals surface area contributed by atoms with Gasteiger partial charge < -0.3 is 4.74 Å². The lowest BCUT2D eigenvalue weighted by Gasteiger charge is -2.30. The first-order valence-corrected chi connectivity index (χ1v) is 5.81. The van der Waals surface area contributed by atoms with Crippen LogP contribution in [0, 0.1) is 12.3 Å². The number of hydrogen-bond acceptors (Lipinski definition) is 1. The third-order valence-corrected chi connectivity index (χ3v) is 2.90. The zero-order valence-corrected chi connectivity index (χ0v) is 11.6. The number of rotatable bonds is 2. The van der Waals surface area contributed by atoms with Gasteiger partial charge in [0.25, 0.3) is 0 Å². The van der Waals surface area contributed by atoms with E-state index in [4.69, 9.17) is 18.0 Å². The van der Waals surface area contributed by atoms with Crippen LogP contribution in [0.2, 0.25) is 5.02 Å². The highest BCUT2D eigenvalue weighted by Crippen LogP contribution is 2.54. The summed E-state index contributed by atoms with van der Waals surface area (Å²) in [7, 11) is 0. The topological polar surface area (TPSA) is 9.23 Å². The molecule has 0 saturated heterocycles. The molecule has 1 nitrogen and oxygen atoms in total. The molecular formula is C12H3ClF10O. The molecule has 0 radical (unpaired) electrons. The van der Waals surface area contributed by atoms with Crippen molar-refractivity contribution < 1.29 is 48.6 Å². The maximum Gasteiger partial charge on any atom is 0.573 e. The van der Waals surface area contributed by atoms with E-state index in [1.54, 1.807) is 0 Å². The van der Waals surface area contributed by atoms with Crippen molar-refractivity contribution in [2.24, 2.45) is 0 Å². The Morgan fingerprint density at radius 1 is 0.875 bits per heavy atom. The normalized spacial score (nSPS) is 13.6. The molecule has 0 saturated carbocycles. The number of hydrogen-bond donors (Lipinski definition) is 0. The highest BCUT2D eigenvalue weighted by Gasteiger charge is 2.73. The average molecular weight is 389 g/mol. The van der Waals surface area contributed by atoms with Gasteiger partial charge in [-0.3, -0.25) is 0 Å². The Kier molecular flexibility index (Phi) is 4.98. The van der Waals surface area contributed by atoms with E-state index in [1.165, 1.54) is 5.92 Å². The smallest absolute Gasteiger partial charge is 0.404 e. The maximum absolute atomic E-state index is 13.9. The van der Waals surface area contributed by atoms with Gasteiger partial charge in [0.05, 0.1) is 10.6 Å². The van der Waals surface area contributed by atoms with E-state index in [9.17, 15) is 43.9 Å². The van der Waals surface area contributed by atoms with Crippen molar-refractivity contribution in [2.45, 2.75) is 24.4 Å². The van der Waals surface area contributed by atoms with Gasteiger partial charge in [-0.1, -0.05) is 17.5 Å². The van der Waals surface area contributed by atoms with Crippen LogP contribution in [0.1, 0.15) is 11.1 Å². The molecule has 0 N–H and O–H groups in total. The number of benzene rings is 1. The van der Waals surface area contributed by atoms with Crippen LogP contribution < -0.4 is 4.74 Å². The summed E-state index contributed by atoms with van der Waals surface area (Å²) < 4.78 is 130. The summed E-state index contributed by atoms with van der Waals surface area (Å²) in [5, 5.41) is -1.16. The molecule has 0 heterocycles. The van der Waals surface area contributed by atoms with Crippen molar-refractivity contribution >= 4 is 11.6 Å². The number of halogens is 11. The fraction of sp³-hybridized carbons (Fsp3) is 0.333. The number of ether oxygens (including phenoxy) is 1. The van der Waals surface area contributed by atoms with E-state index in [2.05, 4.69) is 4.74 Å². The van der Waals surface area contributed by atoms with Gasteiger partial charge >= 0.3 is 24.4 Å². The van der Waals surface area contributed by atoms with Gasteiger partial charge in [0.1, 0.15) is 5.75 Å². The Morgan fingerprint density at radius 2 is 1.33 bits per heavy atom. The van der Waals surface area contributed by atoms with Crippen molar-refractivity contribution in [1.29, 1.82) is 0 Å². The van der Waals surface area contributed by atoms with E-state index in [1.807, 2.05) is 0 Å². The van der Waals surface area contributed by atoms with E-state index < -0.39 is 52.3 Å². The van der Waals surface area contributed by atoms with E-state index >= 15 is 0 Å². The fourth-order valence-corrected chi connectivity index (χ4v) is 1.88. The molecule has 24 heavy (non-hydrogen) atoms. The molecule has 0 fully saturated rings. The zero-order chi connectivity index (χ0) is 19.1.